The van der Waals surface area contributed by atoms with Crippen molar-refractivity contribution in [1.29, 1.82) is 0 Å². The Balaban J connectivity index is 1.81. The van der Waals surface area contributed by atoms with E-state index in [4.69, 9.17) is 15.2 Å². The van der Waals surface area contributed by atoms with Gasteiger partial charge in [-0.15, -0.1) is 0 Å². The molecule has 0 saturated heterocycles. The smallest absolute Gasteiger partial charge is 0.339 e. The number of aromatic nitrogens is 2. The minimum Gasteiger partial charge on any atom is -0.494 e. The van der Waals surface area contributed by atoms with Gasteiger partial charge in [-0.2, -0.15) is 0 Å². The van der Waals surface area contributed by atoms with Crippen LogP contribution in [-0.2, 0) is 4.74 Å². The second-order valence-corrected chi connectivity index (χ2v) is 6.88. The standard InChI is InChI=1S/C23H27N5O3/c1-4-5-14-31-17-12-10-16(11-13-17)27-21-20(24)22(26-15-25-21)28(2)19-9-7-6-8-18(19)23(29)30-3/h6-13,15H,4-5,14,24H2,1-3H3,(H,25,26,27). The van der Waals surface area contributed by atoms with Crippen molar-refractivity contribution >= 4 is 34.7 Å². The quantitative estimate of drug-likeness (QED) is 0.384. The average Bonchev–Trinajstić information content (AvgIpc) is 2.80. The normalized spacial score (nSPS) is 10.4. The first-order valence-corrected chi connectivity index (χ1v) is 10.1. The summed E-state index contributed by atoms with van der Waals surface area (Å²) < 4.78 is 10.6. The molecule has 8 heteroatoms. The molecule has 0 aliphatic rings. The van der Waals surface area contributed by atoms with E-state index in [-0.39, 0.29) is 0 Å². The number of hydrogen-bond acceptors (Lipinski definition) is 8. The van der Waals surface area contributed by atoms with Crippen LogP contribution >= 0.6 is 0 Å². The Kier molecular flexibility index (Phi) is 7.26. The lowest BCUT2D eigenvalue weighted by molar-refractivity contribution is 0.0601. The fourth-order valence-electron chi connectivity index (χ4n) is 3.02. The summed E-state index contributed by atoms with van der Waals surface area (Å²) in [7, 11) is 3.13. The summed E-state index contributed by atoms with van der Waals surface area (Å²) in [6.07, 6.45) is 3.54. The molecule has 8 nitrogen and oxygen atoms in total. The molecular formula is C23H27N5O3. The number of carbonyl (C=O) groups excluding carboxylic acids is 1. The van der Waals surface area contributed by atoms with Gasteiger partial charge in [-0.3, -0.25) is 0 Å². The Morgan fingerprint density at radius 1 is 1.13 bits per heavy atom. The molecule has 1 aromatic heterocycles. The molecule has 0 bridgehead atoms. The van der Waals surface area contributed by atoms with Gasteiger partial charge in [0.2, 0.25) is 0 Å². The Morgan fingerprint density at radius 3 is 2.58 bits per heavy atom. The number of nitrogens with zero attached hydrogens (tertiary/aromatic N) is 3. The first kappa shape index (κ1) is 21.9. The molecular weight excluding hydrogens is 394 g/mol. The highest BCUT2D eigenvalue weighted by Gasteiger charge is 2.19. The lowest BCUT2D eigenvalue weighted by atomic mass is 10.1. The van der Waals surface area contributed by atoms with Crippen molar-refractivity contribution in [3.05, 3.63) is 60.4 Å². The predicted molar refractivity (Wildman–Crippen MR) is 122 cm³/mol. The van der Waals surface area contributed by atoms with Gasteiger partial charge in [0.15, 0.2) is 11.6 Å². The van der Waals surface area contributed by atoms with Crippen LogP contribution in [0, 0.1) is 0 Å². The summed E-state index contributed by atoms with van der Waals surface area (Å²) in [6, 6.07) is 14.7. The summed E-state index contributed by atoms with van der Waals surface area (Å²) in [5, 5.41) is 3.21. The van der Waals surface area contributed by atoms with Gasteiger partial charge in [-0.25, -0.2) is 14.8 Å². The molecule has 3 N–H and O–H groups in total. The average molecular weight is 422 g/mol. The molecule has 3 aromatic rings. The van der Waals surface area contributed by atoms with E-state index in [9.17, 15) is 4.79 Å². The monoisotopic (exact) mass is 421 g/mol. The molecule has 0 atom stereocenters. The van der Waals surface area contributed by atoms with E-state index in [1.807, 2.05) is 30.3 Å². The number of carbonyl (C=O) groups is 1. The molecule has 0 fully saturated rings. The number of nitrogen functional groups attached to an aromatic ring is 1. The van der Waals surface area contributed by atoms with Crippen molar-refractivity contribution in [1.82, 2.24) is 9.97 Å². The van der Waals surface area contributed by atoms with Crippen LogP contribution in [0.15, 0.2) is 54.9 Å². The number of para-hydroxylation sites is 1. The van der Waals surface area contributed by atoms with Crippen LogP contribution in [0.2, 0.25) is 0 Å². The van der Waals surface area contributed by atoms with Crippen LogP contribution in [0.4, 0.5) is 28.7 Å². The van der Waals surface area contributed by atoms with Crippen LogP contribution in [0.3, 0.4) is 0 Å². The molecule has 0 aliphatic heterocycles. The highest BCUT2D eigenvalue weighted by Crippen LogP contribution is 2.33. The zero-order valence-electron chi connectivity index (χ0n) is 18.0. The Morgan fingerprint density at radius 2 is 1.87 bits per heavy atom. The Labute approximate surface area is 182 Å². The minimum absolute atomic E-state index is 0.355. The number of ether oxygens (including phenoxy) is 2. The number of nitrogens with two attached hydrogens (primary N) is 1. The van der Waals surface area contributed by atoms with Crippen molar-refractivity contribution in [3.63, 3.8) is 0 Å². The van der Waals surface area contributed by atoms with Crippen molar-refractivity contribution in [2.24, 2.45) is 0 Å². The van der Waals surface area contributed by atoms with Gasteiger partial charge in [0.25, 0.3) is 0 Å². The molecule has 0 spiro atoms. The number of anilines is 5. The fraction of sp³-hybridized carbons (Fsp3) is 0.261. The zero-order valence-corrected chi connectivity index (χ0v) is 18.0. The third-order valence-electron chi connectivity index (χ3n) is 4.73. The second-order valence-electron chi connectivity index (χ2n) is 6.88. The second kappa shape index (κ2) is 10.3. The first-order valence-electron chi connectivity index (χ1n) is 10.1. The van der Waals surface area contributed by atoms with E-state index in [1.54, 1.807) is 30.1 Å². The van der Waals surface area contributed by atoms with Gasteiger partial charge in [-0.1, -0.05) is 25.5 Å². The Bertz CT molecular complexity index is 1020. The minimum atomic E-state index is -0.435. The number of esters is 1. The highest BCUT2D eigenvalue weighted by atomic mass is 16.5. The van der Waals surface area contributed by atoms with Crippen LogP contribution < -0.4 is 20.7 Å². The lowest BCUT2D eigenvalue weighted by Gasteiger charge is -2.23. The van der Waals surface area contributed by atoms with Crippen molar-refractivity contribution in [2.45, 2.75) is 19.8 Å². The molecule has 0 aliphatic carbocycles. The van der Waals surface area contributed by atoms with E-state index in [0.29, 0.717) is 35.2 Å². The molecule has 1 heterocycles. The van der Waals surface area contributed by atoms with Gasteiger partial charge >= 0.3 is 5.97 Å². The van der Waals surface area contributed by atoms with Gasteiger partial charge in [-0.05, 0) is 42.8 Å². The van der Waals surface area contributed by atoms with E-state index < -0.39 is 5.97 Å². The number of benzene rings is 2. The maximum Gasteiger partial charge on any atom is 0.339 e. The highest BCUT2D eigenvalue weighted by molar-refractivity contribution is 5.97. The number of rotatable bonds is 9. The molecule has 0 saturated carbocycles. The SMILES string of the molecule is CCCCOc1ccc(Nc2ncnc(N(C)c3ccccc3C(=O)OC)c2N)cc1. The molecule has 31 heavy (non-hydrogen) atoms. The van der Waals surface area contributed by atoms with E-state index in [2.05, 4.69) is 22.2 Å². The lowest BCUT2D eigenvalue weighted by Crippen LogP contribution is -2.18. The van der Waals surface area contributed by atoms with Crippen LogP contribution in [0.25, 0.3) is 0 Å². The van der Waals surface area contributed by atoms with Gasteiger partial charge in [0, 0.05) is 12.7 Å². The largest absolute Gasteiger partial charge is 0.494 e. The predicted octanol–water partition coefficient (Wildman–Crippen LogP) is 4.54. The molecule has 2 aromatic carbocycles. The summed E-state index contributed by atoms with van der Waals surface area (Å²) in [5.41, 5.74) is 8.58. The van der Waals surface area contributed by atoms with Crippen molar-refractivity contribution in [3.8, 4) is 5.75 Å². The molecule has 3 rings (SSSR count). The molecule has 162 valence electrons. The summed E-state index contributed by atoms with van der Waals surface area (Å²) >= 11 is 0. The number of methoxy groups -OCH3 is 1. The summed E-state index contributed by atoms with van der Waals surface area (Å²) in [6.45, 7) is 2.83. The van der Waals surface area contributed by atoms with Crippen molar-refractivity contribution < 1.29 is 14.3 Å². The van der Waals surface area contributed by atoms with E-state index in [0.717, 1.165) is 24.3 Å². The van der Waals surface area contributed by atoms with Gasteiger partial charge in [0.1, 0.15) is 17.8 Å². The topological polar surface area (TPSA) is 103 Å². The number of unbranched alkanes of at least 4 members (excludes halogenated alkanes) is 1. The van der Waals surface area contributed by atoms with Gasteiger partial charge < -0.3 is 25.4 Å². The van der Waals surface area contributed by atoms with Gasteiger partial charge in [0.05, 0.1) is 25.0 Å². The summed E-state index contributed by atoms with van der Waals surface area (Å²) in [4.78, 5) is 22.5. The molecule has 0 unspecified atom stereocenters. The van der Waals surface area contributed by atoms with Crippen LogP contribution in [0.1, 0.15) is 30.1 Å². The maximum atomic E-state index is 12.1. The molecule has 0 radical (unpaired) electrons. The van der Waals surface area contributed by atoms with Crippen molar-refractivity contribution in [2.75, 3.05) is 36.7 Å². The molecule has 0 amide bonds. The van der Waals surface area contributed by atoms with E-state index >= 15 is 0 Å². The third-order valence-corrected chi connectivity index (χ3v) is 4.73. The number of hydrogen-bond donors (Lipinski definition) is 2. The Hall–Kier alpha value is -3.81. The summed E-state index contributed by atoms with van der Waals surface area (Å²) in [5.74, 6) is 1.31. The van der Waals surface area contributed by atoms with E-state index in [1.165, 1.54) is 13.4 Å². The van der Waals surface area contributed by atoms with Crippen LogP contribution in [0.5, 0.6) is 5.75 Å². The maximum absolute atomic E-state index is 12.1. The zero-order chi connectivity index (χ0) is 22.2. The third kappa shape index (κ3) is 5.22. The fourth-order valence-corrected chi connectivity index (χ4v) is 3.02. The van der Waals surface area contributed by atoms with Crippen LogP contribution in [-0.4, -0.2) is 36.7 Å². The first-order chi connectivity index (χ1) is 15.0. The number of nitrogens with one attached hydrogen (secondary N) is 1.